The Labute approximate surface area is 168 Å². The molecule has 0 radical (unpaired) electrons. The number of carboxylic acids is 1. The van der Waals surface area contributed by atoms with Crippen LogP contribution in [-0.2, 0) is 23.8 Å². The maximum absolute atomic E-state index is 13.4. The molecule has 0 bridgehead atoms. The number of nitrogens with zero attached hydrogens (tertiary/aromatic N) is 1. The van der Waals surface area contributed by atoms with Crippen molar-refractivity contribution in [2.75, 3.05) is 0 Å². The molecule has 0 aliphatic rings. The van der Waals surface area contributed by atoms with Gasteiger partial charge in [0, 0.05) is 5.56 Å². The van der Waals surface area contributed by atoms with E-state index in [1.54, 1.807) is 6.92 Å². The van der Waals surface area contributed by atoms with Crippen molar-refractivity contribution in [3.8, 4) is 5.75 Å². The molecule has 0 fully saturated rings. The minimum Gasteiger partial charge on any atom is -0.478 e. The summed E-state index contributed by atoms with van der Waals surface area (Å²) in [4.78, 5) is 12.1. The summed E-state index contributed by atoms with van der Waals surface area (Å²) in [5, 5.41) is 13.0. The van der Waals surface area contributed by atoms with Crippen molar-refractivity contribution >= 4 is 16.9 Å². The predicted octanol–water partition coefficient (Wildman–Crippen LogP) is 6.16. The molecule has 0 aliphatic carbocycles. The summed E-state index contributed by atoms with van der Waals surface area (Å²) in [6.45, 7) is 7.39. The molecule has 8 heteroatoms. The molecule has 0 amide bonds. The molecule has 0 saturated carbocycles. The van der Waals surface area contributed by atoms with Crippen LogP contribution in [0.15, 0.2) is 10.6 Å². The molecular formula is C21H28F3NO4. The second kappa shape index (κ2) is 9.05. The van der Waals surface area contributed by atoms with Crippen molar-refractivity contribution in [2.45, 2.75) is 84.4 Å². The fourth-order valence-corrected chi connectivity index (χ4v) is 3.65. The normalized spacial score (nSPS) is 14.2. The van der Waals surface area contributed by atoms with Crippen LogP contribution in [0, 0.1) is 0 Å². The van der Waals surface area contributed by atoms with Gasteiger partial charge in [-0.3, -0.25) is 0 Å². The van der Waals surface area contributed by atoms with Gasteiger partial charge in [-0.1, -0.05) is 52.1 Å². The highest BCUT2D eigenvalue weighted by Gasteiger charge is 2.41. The average molecular weight is 415 g/mol. The zero-order valence-electron chi connectivity index (χ0n) is 17.3. The maximum Gasteiger partial charge on any atom is 0.437 e. The number of halogens is 3. The van der Waals surface area contributed by atoms with Crippen LogP contribution in [-0.4, -0.2) is 21.8 Å². The lowest BCUT2D eigenvalue weighted by atomic mass is 9.92. The lowest BCUT2D eigenvalue weighted by Gasteiger charge is -2.31. The van der Waals surface area contributed by atoms with E-state index in [4.69, 9.17) is 9.26 Å². The van der Waals surface area contributed by atoms with Gasteiger partial charge in [0.25, 0.3) is 0 Å². The lowest BCUT2D eigenvalue weighted by Crippen LogP contribution is -2.44. The lowest BCUT2D eigenvalue weighted by molar-refractivity contribution is -0.156. The Morgan fingerprint density at radius 1 is 1.14 bits per heavy atom. The third-order valence-electron chi connectivity index (χ3n) is 5.09. The summed E-state index contributed by atoms with van der Waals surface area (Å²) in [5.41, 5.74) is -1.50. The first-order valence-electron chi connectivity index (χ1n) is 10.1. The quantitative estimate of drug-likeness (QED) is 0.503. The smallest absolute Gasteiger partial charge is 0.437 e. The summed E-state index contributed by atoms with van der Waals surface area (Å²) in [6, 6.07) is 1.39. The van der Waals surface area contributed by atoms with Crippen LogP contribution in [0.3, 0.4) is 0 Å². The number of carboxylic acid groups (broad SMARTS) is 1. The van der Waals surface area contributed by atoms with Gasteiger partial charge in [-0.05, 0) is 37.3 Å². The van der Waals surface area contributed by atoms with Crippen molar-refractivity contribution in [1.82, 2.24) is 5.16 Å². The number of alkyl halides is 3. The number of rotatable bonds is 10. The molecule has 0 saturated heterocycles. The summed E-state index contributed by atoms with van der Waals surface area (Å²) >= 11 is 0. The van der Waals surface area contributed by atoms with E-state index in [-0.39, 0.29) is 23.8 Å². The summed E-state index contributed by atoms with van der Waals surface area (Å²) in [7, 11) is 0. The molecule has 2 aromatic rings. The summed E-state index contributed by atoms with van der Waals surface area (Å²) in [6.07, 6.45) is -1.39. The van der Waals surface area contributed by atoms with Gasteiger partial charge < -0.3 is 14.4 Å². The van der Waals surface area contributed by atoms with Crippen molar-refractivity contribution in [3.05, 3.63) is 22.9 Å². The van der Waals surface area contributed by atoms with Gasteiger partial charge in [-0.15, -0.1) is 0 Å². The molecule has 1 aromatic heterocycles. The van der Waals surface area contributed by atoms with E-state index < -0.39 is 23.4 Å². The van der Waals surface area contributed by atoms with Crippen molar-refractivity contribution in [1.29, 1.82) is 0 Å². The number of hydrogen-bond acceptors (Lipinski definition) is 4. The van der Waals surface area contributed by atoms with Crippen LogP contribution in [0.25, 0.3) is 11.0 Å². The molecule has 1 N–H and O–H groups in total. The topological polar surface area (TPSA) is 72.6 Å². The number of fused-ring (bicyclic) bond motifs is 1. The van der Waals surface area contributed by atoms with E-state index in [2.05, 4.69) is 5.16 Å². The predicted molar refractivity (Wildman–Crippen MR) is 103 cm³/mol. The number of benzene rings is 1. The first-order valence-corrected chi connectivity index (χ1v) is 10.1. The van der Waals surface area contributed by atoms with Crippen LogP contribution in [0.4, 0.5) is 13.2 Å². The van der Waals surface area contributed by atoms with Gasteiger partial charge in [0.15, 0.2) is 11.3 Å². The average Bonchev–Trinajstić information content (AvgIpc) is 3.07. The fraction of sp³-hybridized carbons (Fsp3) is 0.619. The summed E-state index contributed by atoms with van der Waals surface area (Å²) in [5.74, 6) is -0.760. The van der Waals surface area contributed by atoms with E-state index in [0.717, 1.165) is 0 Å². The molecule has 1 atom stereocenters. The van der Waals surface area contributed by atoms with E-state index in [0.29, 0.717) is 49.0 Å². The third kappa shape index (κ3) is 4.51. The monoisotopic (exact) mass is 415 g/mol. The van der Waals surface area contributed by atoms with E-state index in [1.807, 2.05) is 20.8 Å². The molecule has 1 unspecified atom stereocenters. The Balaban J connectivity index is 2.80. The number of hydrogen-bond donors (Lipinski definition) is 1. The second-order valence-electron chi connectivity index (χ2n) is 7.25. The Hall–Kier alpha value is -2.25. The number of aliphatic carboxylic acids is 1. The van der Waals surface area contributed by atoms with Crippen LogP contribution in [0.5, 0.6) is 5.75 Å². The van der Waals surface area contributed by atoms with Gasteiger partial charge in [0.05, 0.1) is 5.39 Å². The van der Waals surface area contributed by atoms with Crippen LogP contribution in [0.2, 0.25) is 0 Å². The highest BCUT2D eigenvalue weighted by molar-refractivity contribution is 5.87. The first kappa shape index (κ1) is 23.0. The fourth-order valence-electron chi connectivity index (χ4n) is 3.65. The molecule has 29 heavy (non-hydrogen) atoms. The highest BCUT2D eigenvalue weighted by Crippen LogP contribution is 2.42. The zero-order chi connectivity index (χ0) is 21.8. The molecule has 1 heterocycles. The third-order valence-corrected chi connectivity index (χ3v) is 5.09. The number of aryl methyl sites for hydroxylation is 2. The van der Waals surface area contributed by atoms with Crippen molar-refractivity contribution < 1.29 is 32.3 Å². The van der Waals surface area contributed by atoms with E-state index >= 15 is 0 Å². The number of carbonyl (C=O) groups is 1. The number of aromatic nitrogens is 1. The van der Waals surface area contributed by atoms with Crippen LogP contribution < -0.4 is 4.74 Å². The van der Waals surface area contributed by atoms with Crippen molar-refractivity contribution in [2.24, 2.45) is 0 Å². The van der Waals surface area contributed by atoms with Gasteiger partial charge in [-0.2, -0.15) is 13.2 Å². The summed E-state index contributed by atoms with van der Waals surface area (Å²) < 4.78 is 51.4. The largest absolute Gasteiger partial charge is 0.478 e. The standard InChI is InChI=1S/C21H28F3NO4/c1-5-9-13-12-15-17(29-25-18(15)21(22,23)24)14(10-6-2)16(13)28-20(8-4,11-7-3)19(26)27/h12H,5-11H2,1-4H3,(H,26,27). The van der Waals surface area contributed by atoms with Gasteiger partial charge in [-0.25, -0.2) is 4.79 Å². The molecule has 162 valence electrons. The molecule has 0 aliphatic heterocycles. The molecule has 2 rings (SSSR count). The Kier molecular flexibility index (Phi) is 7.19. The highest BCUT2D eigenvalue weighted by atomic mass is 19.4. The Morgan fingerprint density at radius 3 is 2.28 bits per heavy atom. The molecule has 1 aromatic carbocycles. The zero-order valence-corrected chi connectivity index (χ0v) is 17.3. The van der Waals surface area contributed by atoms with Crippen LogP contribution in [0.1, 0.15) is 76.6 Å². The Morgan fingerprint density at radius 2 is 1.79 bits per heavy atom. The van der Waals surface area contributed by atoms with Gasteiger partial charge in [0.2, 0.25) is 5.60 Å². The number of ether oxygens (including phenoxy) is 1. The second-order valence-corrected chi connectivity index (χ2v) is 7.25. The SMILES string of the molecule is CCCc1cc2c(C(F)(F)F)noc2c(CCC)c1OC(CC)(CCC)C(=O)O. The minimum atomic E-state index is -4.64. The van der Waals surface area contributed by atoms with Crippen molar-refractivity contribution in [3.63, 3.8) is 0 Å². The van der Waals surface area contributed by atoms with Gasteiger partial charge >= 0.3 is 12.1 Å². The van der Waals surface area contributed by atoms with E-state index in [9.17, 15) is 23.1 Å². The van der Waals surface area contributed by atoms with Gasteiger partial charge in [0.1, 0.15) is 5.75 Å². The molecule has 5 nitrogen and oxygen atoms in total. The maximum atomic E-state index is 13.4. The molecular weight excluding hydrogens is 387 g/mol. The molecule has 0 spiro atoms. The first-order chi connectivity index (χ1) is 13.6. The Bertz CT molecular complexity index is 860. The minimum absolute atomic E-state index is 0.0147. The van der Waals surface area contributed by atoms with E-state index in [1.165, 1.54) is 6.07 Å². The van der Waals surface area contributed by atoms with Crippen LogP contribution >= 0.6 is 0 Å².